The van der Waals surface area contributed by atoms with Crippen LogP contribution in [0, 0.1) is 5.92 Å². The lowest BCUT2D eigenvalue weighted by atomic mass is 9.96. The molecule has 21 heavy (non-hydrogen) atoms. The van der Waals surface area contributed by atoms with Crippen LogP contribution in [-0.2, 0) is 19.0 Å². The van der Waals surface area contributed by atoms with Crippen LogP contribution in [0.25, 0.3) is 0 Å². The van der Waals surface area contributed by atoms with Gasteiger partial charge in [-0.25, -0.2) is 0 Å². The van der Waals surface area contributed by atoms with Crippen LogP contribution in [0.1, 0.15) is 19.8 Å². The second kappa shape index (κ2) is 7.05. The number of amides is 1. The molecule has 0 bridgehead atoms. The molecule has 0 radical (unpaired) electrons. The van der Waals surface area contributed by atoms with Crippen LogP contribution in [0.15, 0.2) is 0 Å². The minimum atomic E-state index is -0.0708. The number of piperidine rings is 1. The maximum absolute atomic E-state index is 12.6. The smallest absolute Gasteiger partial charge is 0.239 e. The maximum Gasteiger partial charge on any atom is 0.239 e. The first kappa shape index (κ1) is 15.2. The molecule has 6 nitrogen and oxygen atoms in total. The van der Waals surface area contributed by atoms with Gasteiger partial charge in [0.1, 0.15) is 0 Å². The van der Waals surface area contributed by atoms with E-state index in [1.165, 1.54) is 0 Å². The van der Waals surface area contributed by atoms with Crippen LogP contribution in [-0.4, -0.2) is 80.6 Å². The molecule has 3 heterocycles. The summed E-state index contributed by atoms with van der Waals surface area (Å²) in [7, 11) is 0. The number of hydrogen-bond donors (Lipinski definition) is 0. The minimum absolute atomic E-state index is 0.0627. The van der Waals surface area contributed by atoms with Crippen molar-refractivity contribution >= 4 is 5.91 Å². The van der Waals surface area contributed by atoms with Gasteiger partial charge < -0.3 is 19.1 Å². The molecule has 120 valence electrons. The van der Waals surface area contributed by atoms with Crippen molar-refractivity contribution in [3.05, 3.63) is 0 Å². The number of morpholine rings is 1. The van der Waals surface area contributed by atoms with Crippen LogP contribution in [0.4, 0.5) is 0 Å². The molecule has 0 unspecified atom stereocenters. The van der Waals surface area contributed by atoms with Crippen molar-refractivity contribution in [1.29, 1.82) is 0 Å². The van der Waals surface area contributed by atoms with Crippen molar-refractivity contribution in [2.75, 3.05) is 52.6 Å². The number of carbonyl (C=O) groups is 1. The molecular weight excluding hydrogens is 272 g/mol. The predicted molar refractivity (Wildman–Crippen MR) is 76.9 cm³/mol. The third-order valence-electron chi connectivity index (χ3n) is 4.75. The number of rotatable bonds is 3. The van der Waals surface area contributed by atoms with Gasteiger partial charge >= 0.3 is 0 Å². The lowest BCUT2D eigenvalue weighted by Gasteiger charge is -2.39. The van der Waals surface area contributed by atoms with Crippen molar-refractivity contribution in [2.24, 2.45) is 5.92 Å². The normalized spacial score (nSPS) is 30.5. The summed E-state index contributed by atoms with van der Waals surface area (Å²) in [5.41, 5.74) is 0. The Labute approximate surface area is 126 Å². The van der Waals surface area contributed by atoms with Crippen molar-refractivity contribution < 1.29 is 19.0 Å². The predicted octanol–water partition coefficient (Wildman–Crippen LogP) is 0.319. The van der Waals surface area contributed by atoms with Gasteiger partial charge in [-0.2, -0.15) is 0 Å². The largest absolute Gasteiger partial charge is 0.378 e. The lowest BCUT2D eigenvalue weighted by molar-refractivity contribution is -0.144. The molecule has 0 aliphatic carbocycles. The van der Waals surface area contributed by atoms with E-state index in [-0.39, 0.29) is 18.2 Å². The zero-order valence-corrected chi connectivity index (χ0v) is 12.8. The van der Waals surface area contributed by atoms with Crippen LogP contribution < -0.4 is 0 Å². The van der Waals surface area contributed by atoms with Crippen LogP contribution in [0.2, 0.25) is 0 Å². The van der Waals surface area contributed by atoms with E-state index in [9.17, 15) is 4.79 Å². The topological polar surface area (TPSA) is 51.2 Å². The Morgan fingerprint density at radius 2 is 1.81 bits per heavy atom. The number of ether oxygens (including phenoxy) is 3. The average Bonchev–Trinajstić information content (AvgIpc) is 3.09. The lowest BCUT2D eigenvalue weighted by Crippen LogP contribution is -2.53. The first-order chi connectivity index (χ1) is 10.3. The van der Waals surface area contributed by atoms with Gasteiger partial charge in [0.25, 0.3) is 0 Å². The Kier molecular flexibility index (Phi) is 5.11. The molecule has 0 spiro atoms. The number of hydrogen-bond acceptors (Lipinski definition) is 5. The van der Waals surface area contributed by atoms with E-state index in [1.807, 2.05) is 11.8 Å². The summed E-state index contributed by atoms with van der Waals surface area (Å²) in [6, 6.07) is -0.0627. The van der Waals surface area contributed by atoms with Gasteiger partial charge in [-0.1, -0.05) is 0 Å². The van der Waals surface area contributed by atoms with Crippen LogP contribution >= 0.6 is 0 Å². The Morgan fingerprint density at radius 3 is 2.52 bits per heavy atom. The molecule has 3 aliphatic heterocycles. The summed E-state index contributed by atoms with van der Waals surface area (Å²) in [6.45, 7) is 8.05. The van der Waals surface area contributed by atoms with E-state index < -0.39 is 0 Å². The highest BCUT2D eigenvalue weighted by Crippen LogP contribution is 2.26. The van der Waals surface area contributed by atoms with Crippen molar-refractivity contribution in [1.82, 2.24) is 9.80 Å². The number of likely N-dealkylation sites (tertiary alicyclic amines) is 1. The van der Waals surface area contributed by atoms with E-state index >= 15 is 0 Å². The number of nitrogens with zero attached hydrogens (tertiary/aromatic N) is 2. The zero-order chi connectivity index (χ0) is 14.7. The second-order valence-electron chi connectivity index (χ2n) is 6.12. The van der Waals surface area contributed by atoms with Crippen LogP contribution in [0.5, 0.6) is 0 Å². The molecular formula is C15H26N2O4. The molecule has 3 aliphatic rings. The van der Waals surface area contributed by atoms with Gasteiger partial charge in [-0.15, -0.1) is 0 Å². The van der Waals surface area contributed by atoms with Gasteiger partial charge in [0.15, 0.2) is 6.29 Å². The number of carbonyl (C=O) groups excluding carboxylic acids is 1. The maximum atomic E-state index is 12.6. The van der Waals surface area contributed by atoms with Gasteiger partial charge in [0, 0.05) is 25.6 Å². The van der Waals surface area contributed by atoms with Crippen molar-refractivity contribution in [3.8, 4) is 0 Å². The Hall–Kier alpha value is -0.690. The highest BCUT2D eigenvalue weighted by molar-refractivity contribution is 5.81. The molecule has 6 heteroatoms. The third kappa shape index (κ3) is 3.56. The van der Waals surface area contributed by atoms with E-state index in [4.69, 9.17) is 14.2 Å². The summed E-state index contributed by atoms with van der Waals surface area (Å²) >= 11 is 0. The highest BCUT2D eigenvalue weighted by Gasteiger charge is 2.35. The fourth-order valence-electron chi connectivity index (χ4n) is 3.47. The first-order valence-corrected chi connectivity index (χ1v) is 8.09. The quantitative estimate of drug-likeness (QED) is 0.751. The Balaban J connectivity index is 1.55. The third-order valence-corrected chi connectivity index (χ3v) is 4.75. The molecule has 3 rings (SSSR count). The second-order valence-corrected chi connectivity index (χ2v) is 6.12. The molecule has 0 aromatic rings. The molecule has 1 amide bonds. The van der Waals surface area contributed by atoms with E-state index in [1.54, 1.807) is 0 Å². The van der Waals surface area contributed by atoms with Crippen molar-refractivity contribution in [3.63, 3.8) is 0 Å². The average molecular weight is 298 g/mol. The van der Waals surface area contributed by atoms with E-state index in [0.29, 0.717) is 32.3 Å². The molecule has 3 fully saturated rings. The highest BCUT2D eigenvalue weighted by atomic mass is 16.7. The van der Waals surface area contributed by atoms with Gasteiger partial charge in [0.2, 0.25) is 5.91 Å². The van der Waals surface area contributed by atoms with Crippen LogP contribution in [0.3, 0.4) is 0 Å². The van der Waals surface area contributed by atoms with Gasteiger partial charge in [-0.05, 0) is 26.3 Å². The SMILES string of the molecule is C[C@@H](C(=O)N1CCOCC1)N1CCC[C@@H](C2OCCO2)C1. The summed E-state index contributed by atoms with van der Waals surface area (Å²) in [6.07, 6.45) is 2.16. The standard InChI is InChI=1S/C15H26N2O4/c1-12(14(18)16-5-7-19-8-6-16)17-4-2-3-13(11-17)15-20-9-10-21-15/h12-13,15H,2-11H2,1H3/t12-,13+/m0/s1. The molecule has 2 atom stereocenters. The Bertz CT molecular complexity index is 354. The molecule has 0 aromatic carbocycles. The zero-order valence-electron chi connectivity index (χ0n) is 12.8. The fraction of sp³-hybridized carbons (Fsp3) is 0.933. The molecule has 0 saturated carbocycles. The summed E-state index contributed by atoms with van der Waals surface area (Å²) in [5.74, 6) is 0.619. The van der Waals surface area contributed by atoms with E-state index in [0.717, 1.165) is 39.0 Å². The summed E-state index contributed by atoms with van der Waals surface area (Å²) in [4.78, 5) is 16.8. The monoisotopic (exact) mass is 298 g/mol. The minimum Gasteiger partial charge on any atom is -0.378 e. The van der Waals surface area contributed by atoms with Crippen molar-refractivity contribution in [2.45, 2.75) is 32.1 Å². The summed E-state index contributed by atoms with van der Waals surface area (Å²) in [5, 5.41) is 0. The molecule has 0 aromatic heterocycles. The fourth-order valence-corrected chi connectivity index (χ4v) is 3.47. The molecule has 3 saturated heterocycles. The van der Waals surface area contributed by atoms with Gasteiger partial charge in [0.05, 0.1) is 32.5 Å². The molecule has 0 N–H and O–H groups in total. The van der Waals surface area contributed by atoms with Gasteiger partial charge in [-0.3, -0.25) is 9.69 Å². The Morgan fingerprint density at radius 1 is 1.10 bits per heavy atom. The first-order valence-electron chi connectivity index (χ1n) is 8.09. The van der Waals surface area contributed by atoms with E-state index in [2.05, 4.69) is 4.90 Å². The summed E-state index contributed by atoms with van der Waals surface area (Å²) < 4.78 is 16.6.